The Morgan fingerprint density at radius 2 is 1.93 bits per heavy atom. The summed E-state index contributed by atoms with van der Waals surface area (Å²) in [6.45, 7) is 6.84. The van der Waals surface area contributed by atoms with Crippen molar-refractivity contribution in [2.75, 3.05) is 31.5 Å². The second-order valence-electron chi connectivity index (χ2n) is 6.90. The molecule has 2 heterocycles. The summed E-state index contributed by atoms with van der Waals surface area (Å²) >= 11 is 1.78. The van der Waals surface area contributed by atoms with E-state index in [1.807, 2.05) is 26.0 Å². The topological polar surface area (TPSA) is 53.9 Å². The van der Waals surface area contributed by atoms with Gasteiger partial charge >= 0.3 is 0 Å². The molecule has 1 aromatic carbocycles. The number of thiophene rings is 1. The first-order valence-corrected chi connectivity index (χ1v) is 10.6. The highest BCUT2D eigenvalue weighted by Crippen LogP contribution is 2.23. The molecule has 0 radical (unpaired) electrons. The van der Waals surface area contributed by atoms with E-state index in [4.69, 9.17) is 0 Å². The smallest absolute Gasteiger partial charge is 0.279 e. The van der Waals surface area contributed by atoms with Gasteiger partial charge in [-0.15, -0.1) is 11.3 Å². The average molecular weight is 387 g/mol. The van der Waals surface area contributed by atoms with Crippen LogP contribution in [0.1, 0.15) is 48.0 Å². The summed E-state index contributed by atoms with van der Waals surface area (Å²) in [5.41, 5.74) is 1.39. The number of hydrogen-bond acceptors (Lipinski definition) is 3. The summed E-state index contributed by atoms with van der Waals surface area (Å²) in [5.74, 6) is 0.0504. The maximum Gasteiger partial charge on any atom is 0.279 e. The molecular formula is C21H28N3O2S+. The predicted octanol–water partition coefficient (Wildman–Crippen LogP) is 2.59. The lowest BCUT2D eigenvalue weighted by atomic mass is 10.1. The molecule has 27 heavy (non-hydrogen) atoms. The van der Waals surface area contributed by atoms with Crippen molar-refractivity contribution in [1.29, 1.82) is 0 Å². The fourth-order valence-corrected chi connectivity index (χ4v) is 4.68. The van der Waals surface area contributed by atoms with E-state index in [0.717, 1.165) is 25.1 Å². The van der Waals surface area contributed by atoms with Gasteiger partial charge in [-0.2, -0.15) is 0 Å². The highest BCUT2D eigenvalue weighted by atomic mass is 32.1. The number of nitrogens with zero attached hydrogens (tertiary/aromatic N) is 1. The molecule has 0 spiro atoms. The summed E-state index contributed by atoms with van der Waals surface area (Å²) in [6.07, 6.45) is 2.30. The second-order valence-corrected chi connectivity index (χ2v) is 7.88. The SMILES string of the molecule is CCN(CC)C(=O)c1ccc(NC(=O)C[NH+]2CCC[C@H]2c2cccs2)cc1. The van der Waals surface area contributed by atoms with Crippen LogP contribution >= 0.6 is 11.3 Å². The molecule has 144 valence electrons. The number of hydrogen-bond donors (Lipinski definition) is 2. The minimum absolute atomic E-state index is 0.0243. The highest BCUT2D eigenvalue weighted by Gasteiger charge is 2.32. The van der Waals surface area contributed by atoms with E-state index in [0.29, 0.717) is 31.2 Å². The molecule has 1 aliphatic heterocycles. The zero-order chi connectivity index (χ0) is 19.2. The second kappa shape index (κ2) is 9.15. The van der Waals surface area contributed by atoms with Crippen LogP contribution in [0.5, 0.6) is 0 Å². The Balaban J connectivity index is 1.57. The van der Waals surface area contributed by atoms with Gasteiger partial charge in [-0.1, -0.05) is 6.07 Å². The molecule has 2 atom stereocenters. The molecule has 6 heteroatoms. The van der Waals surface area contributed by atoms with Crippen molar-refractivity contribution < 1.29 is 14.5 Å². The number of benzene rings is 1. The van der Waals surface area contributed by atoms with Crippen molar-refractivity contribution in [2.45, 2.75) is 32.7 Å². The fraction of sp³-hybridized carbons (Fsp3) is 0.429. The van der Waals surface area contributed by atoms with Crippen LogP contribution in [0.4, 0.5) is 5.69 Å². The normalized spacial score (nSPS) is 19.0. The first-order chi connectivity index (χ1) is 13.1. The van der Waals surface area contributed by atoms with Gasteiger partial charge in [-0.3, -0.25) is 9.59 Å². The molecule has 0 saturated carbocycles. The molecule has 1 saturated heterocycles. The lowest BCUT2D eigenvalue weighted by Gasteiger charge is -2.20. The Morgan fingerprint density at radius 1 is 1.19 bits per heavy atom. The zero-order valence-corrected chi connectivity index (χ0v) is 16.8. The summed E-state index contributed by atoms with van der Waals surface area (Å²) in [5, 5.41) is 5.08. The lowest BCUT2D eigenvalue weighted by molar-refractivity contribution is -0.910. The van der Waals surface area contributed by atoms with E-state index < -0.39 is 0 Å². The largest absolute Gasteiger partial charge is 0.339 e. The van der Waals surface area contributed by atoms with Crippen molar-refractivity contribution in [1.82, 2.24) is 4.90 Å². The molecule has 2 amide bonds. The number of carbonyl (C=O) groups excluding carboxylic acids is 2. The lowest BCUT2D eigenvalue weighted by Crippen LogP contribution is -3.11. The standard InChI is InChI=1S/C21H27N3O2S/c1-3-23(4-2)21(26)16-9-11-17(12-10-16)22-20(25)15-24-13-5-7-18(24)19-8-6-14-27-19/h6,8-12,14,18H,3-5,7,13,15H2,1-2H3,(H,22,25)/p+1/t18-/m0/s1. The van der Waals surface area contributed by atoms with Crippen molar-refractivity contribution in [3.05, 3.63) is 52.2 Å². The number of likely N-dealkylation sites (tertiary alicyclic amines) is 1. The Bertz CT molecular complexity index is 754. The third-order valence-electron chi connectivity index (χ3n) is 5.22. The van der Waals surface area contributed by atoms with E-state index in [2.05, 4.69) is 22.8 Å². The van der Waals surface area contributed by atoms with Gasteiger partial charge in [-0.05, 0) is 49.6 Å². The van der Waals surface area contributed by atoms with Crippen LogP contribution in [0.15, 0.2) is 41.8 Å². The number of rotatable bonds is 7. The van der Waals surface area contributed by atoms with Gasteiger partial charge in [0.15, 0.2) is 6.54 Å². The fourth-order valence-electron chi connectivity index (χ4n) is 3.76. The van der Waals surface area contributed by atoms with Crippen LogP contribution in [0.25, 0.3) is 0 Å². The quantitative estimate of drug-likeness (QED) is 0.769. The first-order valence-electron chi connectivity index (χ1n) is 9.69. The van der Waals surface area contributed by atoms with Gasteiger partial charge in [0.25, 0.3) is 11.8 Å². The first kappa shape index (κ1) is 19.6. The highest BCUT2D eigenvalue weighted by molar-refractivity contribution is 7.10. The number of quaternary nitrogens is 1. The minimum Gasteiger partial charge on any atom is -0.339 e. The number of carbonyl (C=O) groups is 2. The maximum atomic E-state index is 12.5. The van der Waals surface area contributed by atoms with Gasteiger partial charge < -0.3 is 15.1 Å². The molecule has 1 aromatic heterocycles. The van der Waals surface area contributed by atoms with E-state index in [-0.39, 0.29) is 11.8 Å². The summed E-state index contributed by atoms with van der Waals surface area (Å²) in [7, 11) is 0. The molecule has 1 aliphatic rings. The Kier molecular flexibility index (Phi) is 6.63. The van der Waals surface area contributed by atoms with Crippen LogP contribution in [-0.4, -0.2) is 42.9 Å². The minimum atomic E-state index is 0.0243. The third-order valence-corrected chi connectivity index (χ3v) is 6.21. The molecule has 2 aromatic rings. The van der Waals surface area contributed by atoms with E-state index in [1.165, 1.54) is 9.78 Å². The van der Waals surface area contributed by atoms with Crippen molar-refractivity contribution >= 4 is 28.8 Å². The van der Waals surface area contributed by atoms with Gasteiger partial charge in [0.05, 0.1) is 11.4 Å². The maximum absolute atomic E-state index is 12.5. The van der Waals surface area contributed by atoms with Gasteiger partial charge in [0.2, 0.25) is 0 Å². The summed E-state index contributed by atoms with van der Waals surface area (Å²) in [4.78, 5) is 29.3. The average Bonchev–Trinajstić information content (AvgIpc) is 3.34. The monoisotopic (exact) mass is 386 g/mol. The Hall–Kier alpha value is -2.18. The number of anilines is 1. The van der Waals surface area contributed by atoms with Crippen LogP contribution in [0.2, 0.25) is 0 Å². The van der Waals surface area contributed by atoms with Crippen molar-refractivity contribution in [2.24, 2.45) is 0 Å². The molecular weight excluding hydrogens is 358 g/mol. The van der Waals surface area contributed by atoms with Gasteiger partial charge in [0, 0.05) is 37.2 Å². The molecule has 3 rings (SSSR count). The predicted molar refractivity (Wildman–Crippen MR) is 109 cm³/mol. The molecule has 5 nitrogen and oxygen atoms in total. The number of amides is 2. The van der Waals surface area contributed by atoms with Crippen LogP contribution < -0.4 is 10.2 Å². The van der Waals surface area contributed by atoms with Crippen LogP contribution in [0, 0.1) is 0 Å². The molecule has 0 bridgehead atoms. The summed E-state index contributed by atoms with van der Waals surface area (Å²) in [6, 6.07) is 11.9. The Labute approximate surface area is 165 Å². The zero-order valence-electron chi connectivity index (χ0n) is 16.0. The number of nitrogens with one attached hydrogen (secondary N) is 2. The van der Waals surface area contributed by atoms with Gasteiger partial charge in [-0.25, -0.2) is 0 Å². The Morgan fingerprint density at radius 3 is 2.56 bits per heavy atom. The molecule has 2 N–H and O–H groups in total. The van der Waals surface area contributed by atoms with Crippen LogP contribution in [-0.2, 0) is 4.79 Å². The van der Waals surface area contributed by atoms with E-state index >= 15 is 0 Å². The van der Waals surface area contributed by atoms with E-state index in [1.54, 1.807) is 28.4 Å². The summed E-state index contributed by atoms with van der Waals surface area (Å²) < 4.78 is 0. The van der Waals surface area contributed by atoms with E-state index in [9.17, 15) is 9.59 Å². The molecule has 1 unspecified atom stereocenters. The third kappa shape index (κ3) is 4.76. The van der Waals surface area contributed by atoms with Gasteiger partial charge in [0.1, 0.15) is 6.04 Å². The molecule has 0 aliphatic carbocycles. The molecule has 1 fully saturated rings. The van der Waals surface area contributed by atoms with Crippen molar-refractivity contribution in [3.8, 4) is 0 Å². The van der Waals surface area contributed by atoms with Crippen molar-refractivity contribution in [3.63, 3.8) is 0 Å². The van der Waals surface area contributed by atoms with Crippen LogP contribution in [0.3, 0.4) is 0 Å².